The van der Waals surface area contributed by atoms with Crippen LogP contribution in [0.15, 0.2) is 0 Å². The average Bonchev–Trinajstić information content (AvgIpc) is 2.23. The van der Waals surface area contributed by atoms with Crippen LogP contribution >= 0.6 is 0 Å². The minimum atomic E-state index is -1.18. The first-order valence-electron chi connectivity index (χ1n) is 36.9. The first kappa shape index (κ1) is 83.7. The Morgan fingerprint density at radius 1 is 0.267 bits per heavy atom. The van der Waals surface area contributed by atoms with Crippen LogP contribution in [0.25, 0.3) is 0 Å². The second-order valence-corrected chi connectivity index (χ2v) is 25.3. The highest BCUT2D eigenvalue weighted by molar-refractivity contribution is 5.97. The molecule has 1 rings (SSSR count). The summed E-state index contributed by atoms with van der Waals surface area (Å²) in [7, 11) is 0. The van der Waals surface area contributed by atoms with Crippen LogP contribution in [0.4, 0.5) is 0 Å². The van der Waals surface area contributed by atoms with Crippen LogP contribution in [0.2, 0.25) is 0 Å². The van der Waals surface area contributed by atoms with E-state index in [-0.39, 0.29) is 102 Å². The van der Waals surface area contributed by atoms with Gasteiger partial charge in [0.05, 0.1) is 65.0 Å². The number of unbranched alkanes of at least 4 members (excludes halogenated alkanes) is 36. The number of nitrogens with one attached hydrogen (secondary N) is 2. The number of carbonyl (C=O) groups is 8. The van der Waals surface area contributed by atoms with Crippen molar-refractivity contribution in [3.8, 4) is 0 Å². The van der Waals surface area contributed by atoms with Gasteiger partial charge in [0.2, 0.25) is 11.8 Å². The van der Waals surface area contributed by atoms with Crippen molar-refractivity contribution in [2.45, 2.75) is 335 Å². The number of ether oxygens (including phenoxy) is 6. The molecule has 0 aromatic carbocycles. The van der Waals surface area contributed by atoms with Crippen LogP contribution in [0.1, 0.15) is 323 Å². The van der Waals surface area contributed by atoms with E-state index in [1.54, 1.807) is 0 Å². The molecule has 1 fully saturated rings. The molecule has 18 heteroatoms. The quantitative estimate of drug-likeness (QED) is 0.0328. The van der Waals surface area contributed by atoms with Crippen molar-refractivity contribution in [2.75, 3.05) is 78.9 Å². The number of nitrogens with zero attached hydrogens (tertiary/aromatic N) is 2. The second-order valence-electron chi connectivity index (χ2n) is 25.3. The lowest BCUT2D eigenvalue weighted by atomic mass is 10.1. The van der Waals surface area contributed by atoms with Gasteiger partial charge in [-0.2, -0.15) is 0 Å². The van der Waals surface area contributed by atoms with Crippen molar-refractivity contribution in [3.05, 3.63) is 0 Å². The Morgan fingerprint density at radius 3 is 0.622 bits per heavy atom. The number of amides is 2. The summed E-state index contributed by atoms with van der Waals surface area (Å²) in [6.07, 6.45) is 47.2. The van der Waals surface area contributed by atoms with Crippen molar-refractivity contribution in [1.82, 2.24) is 20.4 Å². The molecule has 0 aromatic heterocycles. The molecule has 0 bridgehead atoms. The highest BCUT2D eigenvalue weighted by Crippen LogP contribution is 2.16. The zero-order valence-corrected chi connectivity index (χ0v) is 57.8. The molecule has 2 amide bonds. The van der Waals surface area contributed by atoms with Gasteiger partial charge >= 0.3 is 35.8 Å². The molecule has 1 aliphatic rings. The summed E-state index contributed by atoms with van der Waals surface area (Å²) >= 11 is 0. The zero-order chi connectivity index (χ0) is 65.6. The van der Waals surface area contributed by atoms with E-state index in [1.165, 1.54) is 180 Å². The Labute approximate surface area is 546 Å². The third kappa shape index (κ3) is 53.2. The van der Waals surface area contributed by atoms with E-state index in [1.807, 2.05) is 9.80 Å². The lowest BCUT2D eigenvalue weighted by Gasteiger charge is -2.29. The lowest BCUT2D eigenvalue weighted by Crippen LogP contribution is -2.64. The molecule has 0 aliphatic carbocycles. The maximum Gasteiger partial charge on any atom is 0.307 e. The standard InChI is InChI=1S/C72H132N4O14/c1-5-9-13-17-21-25-29-33-37-41-57-85-65(77)45-51-75(52-46-66(78)86-58-42-38-34-30-26-22-18-14-10-6-2)55-49-69(81)89-61-63-71(83)74-64(72(84)73-63)62-90-70(82)50-56-76(53-47-67(79)87-59-43-39-35-31-27-23-19-15-11-7-3)54-48-68(80)88-60-44-40-36-32-28-24-20-16-12-8-4/h63-64H,5-62H2,1-4H3,(H,73,84)(H,74,83). The largest absolute Gasteiger partial charge is 0.466 e. The molecular formula is C72H132N4O14. The van der Waals surface area contributed by atoms with E-state index in [4.69, 9.17) is 28.4 Å². The molecular weight excluding hydrogens is 1140 g/mol. The van der Waals surface area contributed by atoms with Crippen molar-refractivity contribution in [1.29, 1.82) is 0 Å². The molecule has 524 valence electrons. The van der Waals surface area contributed by atoms with E-state index in [2.05, 4.69) is 38.3 Å². The third-order valence-electron chi connectivity index (χ3n) is 16.9. The van der Waals surface area contributed by atoms with Crippen LogP contribution in [-0.2, 0) is 66.8 Å². The van der Waals surface area contributed by atoms with Gasteiger partial charge in [0.15, 0.2) is 0 Å². The topological polar surface area (TPSA) is 222 Å². The molecule has 1 aliphatic heterocycles. The fourth-order valence-electron chi connectivity index (χ4n) is 11.0. The molecule has 0 radical (unpaired) electrons. The summed E-state index contributed by atoms with van der Waals surface area (Å²) < 4.78 is 33.0. The summed E-state index contributed by atoms with van der Waals surface area (Å²) in [5, 5.41) is 5.12. The number of hydrogen-bond donors (Lipinski definition) is 2. The summed E-state index contributed by atoms with van der Waals surface area (Å²) in [5.41, 5.74) is 0. The normalized spacial score (nSPS) is 13.9. The van der Waals surface area contributed by atoms with Gasteiger partial charge in [0.1, 0.15) is 25.3 Å². The van der Waals surface area contributed by atoms with Crippen LogP contribution in [0.3, 0.4) is 0 Å². The van der Waals surface area contributed by atoms with E-state index in [9.17, 15) is 38.4 Å². The molecule has 0 spiro atoms. The van der Waals surface area contributed by atoms with Gasteiger partial charge in [0.25, 0.3) is 0 Å². The lowest BCUT2D eigenvalue weighted by molar-refractivity contribution is -0.152. The Hall–Kier alpha value is -4.32. The van der Waals surface area contributed by atoms with Gasteiger partial charge in [-0.1, -0.05) is 259 Å². The average molecular weight is 1280 g/mol. The number of carbonyl (C=O) groups excluding carboxylic acids is 8. The number of hydrogen-bond acceptors (Lipinski definition) is 16. The van der Waals surface area contributed by atoms with Gasteiger partial charge < -0.3 is 48.9 Å². The highest BCUT2D eigenvalue weighted by Gasteiger charge is 2.35. The van der Waals surface area contributed by atoms with Gasteiger partial charge in [0, 0.05) is 39.3 Å². The van der Waals surface area contributed by atoms with Crippen molar-refractivity contribution in [2.24, 2.45) is 0 Å². The van der Waals surface area contributed by atoms with Gasteiger partial charge in [-0.15, -0.1) is 0 Å². The first-order chi connectivity index (χ1) is 43.9. The van der Waals surface area contributed by atoms with Gasteiger partial charge in [-0.3, -0.25) is 38.4 Å². The molecule has 18 nitrogen and oxygen atoms in total. The minimum absolute atomic E-state index is 0.0821. The SMILES string of the molecule is CCCCCCCCCCCCOC(=O)CCN(CCC(=O)OCCCCCCCCCCCC)CCC(=O)OCC1NC(=O)C(COC(=O)CCN(CCC(=O)OCCCCCCCCCCCC)CCC(=O)OCCCCCCCCCCCC)NC1=O. The Morgan fingerprint density at radius 2 is 0.433 bits per heavy atom. The maximum absolute atomic E-state index is 13.1. The summed E-state index contributed by atoms with van der Waals surface area (Å²) in [6, 6.07) is -2.37. The molecule has 2 unspecified atom stereocenters. The molecule has 2 atom stereocenters. The van der Waals surface area contributed by atoms with Crippen molar-refractivity contribution in [3.63, 3.8) is 0 Å². The first-order valence-corrected chi connectivity index (χ1v) is 36.9. The second kappa shape index (κ2) is 62.1. The molecule has 90 heavy (non-hydrogen) atoms. The van der Waals surface area contributed by atoms with Crippen LogP contribution in [0.5, 0.6) is 0 Å². The fraction of sp³-hybridized carbons (Fsp3) is 0.889. The Balaban J connectivity index is 2.65. The Bertz CT molecular complexity index is 1600. The van der Waals surface area contributed by atoms with Gasteiger partial charge in [-0.25, -0.2) is 0 Å². The van der Waals surface area contributed by atoms with Crippen LogP contribution in [0, 0.1) is 0 Å². The third-order valence-corrected chi connectivity index (χ3v) is 16.9. The Kier molecular flexibility index (Phi) is 57.8. The number of piperazine rings is 1. The van der Waals surface area contributed by atoms with E-state index in [0.717, 1.165) is 77.0 Å². The fourth-order valence-corrected chi connectivity index (χ4v) is 11.0. The smallest absolute Gasteiger partial charge is 0.307 e. The summed E-state index contributed by atoms with van der Waals surface area (Å²) in [4.78, 5) is 107. The number of rotatable bonds is 66. The highest BCUT2D eigenvalue weighted by atomic mass is 16.6. The monoisotopic (exact) mass is 1280 g/mol. The maximum atomic E-state index is 13.1. The minimum Gasteiger partial charge on any atom is -0.466 e. The predicted molar refractivity (Wildman–Crippen MR) is 358 cm³/mol. The number of esters is 6. The van der Waals surface area contributed by atoms with Crippen molar-refractivity contribution >= 4 is 47.6 Å². The van der Waals surface area contributed by atoms with E-state index in [0.29, 0.717) is 26.4 Å². The molecule has 1 heterocycles. The molecule has 1 saturated heterocycles. The van der Waals surface area contributed by atoms with Gasteiger partial charge in [-0.05, 0) is 25.7 Å². The summed E-state index contributed by atoms with van der Waals surface area (Å²) in [6.45, 7) is 10.8. The summed E-state index contributed by atoms with van der Waals surface area (Å²) in [5.74, 6) is -3.90. The van der Waals surface area contributed by atoms with E-state index >= 15 is 0 Å². The zero-order valence-electron chi connectivity index (χ0n) is 57.8. The van der Waals surface area contributed by atoms with E-state index < -0.39 is 49.1 Å². The molecule has 2 N–H and O–H groups in total. The molecule has 0 saturated carbocycles. The van der Waals surface area contributed by atoms with Crippen LogP contribution < -0.4 is 10.6 Å². The predicted octanol–water partition coefficient (Wildman–Crippen LogP) is 14.9. The van der Waals surface area contributed by atoms with Crippen molar-refractivity contribution < 1.29 is 66.8 Å². The molecule has 0 aromatic rings. The van der Waals surface area contributed by atoms with Crippen LogP contribution in [-0.4, -0.2) is 148 Å².